The number of hydrogen-bond acceptors (Lipinski definition) is 4. The minimum atomic E-state index is 0.0269. The summed E-state index contributed by atoms with van der Waals surface area (Å²) in [5.41, 5.74) is 9.47. The first-order valence-electron chi connectivity index (χ1n) is 8.64. The van der Waals surface area contributed by atoms with Gasteiger partial charge in [-0.2, -0.15) is 0 Å². The molecule has 2 atom stereocenters. The Hall–Kier alpha value is -2.33. The normalized spacial score (nSPS) is 22.8. The molecule has 1 aliphatic carbocycles. The number of nitrogens with one attached hydrogen (secondary N) is 1. The molecule has 0 amide bonds. The molecule has 1 aliphatic heterocycles. The Morgan fingerprint density at radius 1 is 1.04 bits per heavy atom. The fourth-order valence-corrected chi connectivity index (χ4v) is 3.64. The Balaban J connectivity index is 1.61. The van der Waals surface area contributed by atoms with E-state index in [0.717, 1.165) is 29.7 Å². The number of carbonyl (C=O) groups excluding carboxylic acids is 1. The Labute approximate surface area is 142 Å². The van der Waals surface area contributed by atoms with Crippen LogP contribution in [0.2, 0.25) is 0 Å². The quantitative estimate of drug-likeness (QED) is 0.888. The molecule has 0 saturated heterocycles. The highest BCUT2D eigenvalue weighted by molar-refractivity contribution is 6.12. The zero-order valence-corrected chi connectivity index (χ0v) is 13.6. The first kappa shape index (κ1) is 15.2. The van der Waals surface area contributed by atoms with Crippen LogP contribution in [0.15, 0.2) is 42.5 Å². The van der Waals surface area contributed by atoms with E-state index in [1.165, 1.54) is 12.8 Å². The van der Waals surface area contributed by atoms with E-state index in [2.05, 4.69) is 5.32 Å². The van der Waals surface area contributed by atoms with Crippen LogP contribution in [0.1, 0.15) is 47.2 Å². The molecular weight excluding hydrogens is 300 g/mol. The summed E-state index contributed by atoms with van der Waals surface area (Å²) in [6, 6.07) is 13.8. The van der Waals surface area contributed by atoms with Gasteiger partial charge in [-0.1, -0.05) is 37.1 Å². The van der Waals surface area contributed by atoms with Crippen LogP contribution in [-0.2, 0) is 6.61 Å². The maximum Gasteiger partial charge on any atom is 0.197 e. The van der Waals surface area contributed by atoms with Gasteiger partial charge < -0.3 is 15.8 Å². The van der Waals surface area contributed by atoms with E-state index in [9.17, 15) is 4.79 Å². The third-order valence-electron chi connectivity index (χ3n) is 5.04. The first-order valence-corrected chi connectivity index (χ1v) is 8.64. The van der Waals surface area contributed by atoms with E-state index in [0.29, 0.717) is 17.9 Å². The molecule has 0 aromatic heterocycles. The lowest BCUT2D eigenvalue weighted by Gasteiger charge is -2.30. The average Bonchev–Trinajstić information content (AvgIpc) is 2.75. The highest BCUT2D eigenvalue weighted by Gasteiger charge is 2.24. The molecule has 1 fully saturated rings. The second-order valence-electron chi connectivity index (χ2n) is 6.69. The fourth-order valence-electron chi connectivity index (χ4n) is 3.64. The van der Waals surface area contributed by atoms with Gasteiger partial charge in [0.15, 0.2) is 5.78 Å². The predicted molar refractivity (Wildman–Crippen MR) is 94.5 cm³/mol. The number of hydrogen-bond donors (Lipinski definition) is 2. The molecule has 0 spiro atoms. The number of carbonyl (C=O) groups is 1. The summed E-state index contributed by atoms with van der Waals surface area (Å²) in [5.74, 6) is 0.671. The Morgan fingerprint density at radius 2 is 1.88 bits per heavy atom. The van der Waals surface area contributed by atoms with Gasteiger partial charge in [-0.3, -0.25) is 4.79 Å². The van der Waals surface area contributed by atoms with E-state index in [4.69, 9.17) is 10.5 Å². The molecule has 0 bridgehead atoms. The van der Waals surface area contributed by atoms with Gasteiger partial charge in [-0.25, -0.2) is 0 Å². The first-order chi connectivity index (χ1) is 11.7. The maximum atomic E-state index is 12.8. The second kappa shape index (κ2) is 6.29. The summed E-state index contributed by atoms with van der Waals surface area (Å²) in [4.78, 5) is 12.8. The smallest absolute Gasteiger partial charge is 0.197 e. The lowest BCUT2D eigenvalue weighted by Crippen LogP contribution is -2.42. The largest absolute Gasteiger partial charge is 0.488 e. The maximum absolute atomic E-state index is 12.8. The van der Waals surface area contributed by atoms with Crippen LogP contribution < -0.4 is 15.8 Å². The van der Waals surface area contributed by atoms with Crippen LogP contribution in [0.4, 0.5) is 5.69 Å². The molecule has 4 nitrogen and oxygen atoms in total. The fraction of sp³-hybridized carbons (Fsp3) is 0.350. The van der Waals surface area contributed by atoms with Gasteiger partial charge >= 0.3 is 0 Å². The summed E-state index contributed by atoms with van der Waals surface area (Å²) >= 11 is 0. The summed E-state index contributed by atoms with van der Waals surface area (Å²) in [5, 5.41) is 3.52. The predicted octanol–water partition coefficient (Wildman–Crippen LogP) is 3.49. The molecular formula is C20H22N2O2. The third-order valence-corrected chi connectivity index (χ3v) is 5.04. The van der Waals surface area contributed by atoms with Crippen LogP contribution in [0.3, 0.4) is 0 Å². The van der Waals surface area contributed by atoms with Crippen molar-refractivity contribution in [2.24, 2.45) is 5.73 Å². The molecule has 2 aliphatic rings. The number of nitrogens with two attached hydrogens (primary N) is 1. The SMILES string of the molecule is N[C@H]1CCCC[C@H]1Nc1ccc2c(c1)OCc1ccccc1C2=O. The molecule has 1 heterocycles. The molecule has 4 heteroatoms. The van der Waals surface area contributed by atoms with Crippen molar-refractivity contribution in [3.63, 3.8) is 0 Å². The van der Waals surface area contributed by atoms with Crippen LogP contribution in [0.25, 0.3) is 0 Å². The van der Waals surface area contributed by atoms with Gasteiger partial charge in [0.25, 0.3) is 0 Å². The average molecular weight is 322 g/mol. The van der Waals surface area contributed by atoms with Crippen molar-refractivity contribution in [2.75, 3.05) is 5.32 Å². The molecule has 3 N–H and O–H groups in total. The Kier molecular flexibility index (Phi) is 3.98. The number of anilines is 1. The molecule has 0 unspecified atom stereocenters. The number of ketones is 1. The van der Waals surface area contributed by atoms with Gasteiger partial charge in [-0.05, 0) is 25.0 Å². The molecule has 4 rings (SSSR count). The van der Waals surface area contributed by atoms with Crippen molar-refractivity contribution < 1.29 is 9.53 Å². The number of benzene rings is 2. The van der Waals surface area contributed by atoms with Gasteiger partial charge in [0.05, 0.1) is 5.56 Å². The molecule has 0 radical (unpaired) electrons. The second-order valence-corrected chi connectivity index (χ2v) is 6.69. The Morgan fingerprint density at radius 3 is 2.75 bits per heavy atom. The van der Waals surface area contributed by atoms with Crippen molar-refractivity contribution >= 4 is 11.5 Å². The van der Waals surface area contributed by atoms with Crippen LogP contribution >= 0.6 is 0 Å². The van der Waals surface area contributed by atoms with Crippen LogP contribution in [-0.4, -0.2) is 17.9 Å². The van der Waals surface area contributed by atoms with Crippen LogP contribution in [0.5, 0.6) is 5.75 Å². The van der Waals surface area contributed by atoms with Gasteiger partial charge in [-0.15, -0.1) is 0 Å². The van der Waals surface area contributed by atoms with E-state index in [1.54, 1.807) is 0 Å². The lowest BCUT2D eigenvalue weighted by molar-refractivity contribution is 0.103. The van der Waals surface area contributed by atoms with Crippen molar-refractivity contribution in [2.45, 2.75) is 44.4 Å². The Bertz CT molecular complexity index is 772. The summed E-state index contributed by atoms with van der Waals surface area (Å²) in [6.45, 7) is 0.418. The van der Waals surface area contributed by atoms with E-state index in [1.807, 2.05) is 42.5 Å². The summed E-state index contributed by atoms with van der Waals surface area (Å²) < 4.78 is 5.91. The number of rotatable bonds is 2. The van der Waals surface area contributed by atoms with E-state index >= 15 is 0 Å². The summed E-state index contributed by atoms with van der Waals surface area (Å²) in [6.07, 6.45) is 4.57. The van der Waals surface area contributed by atoms with Crippen molar-refractivity contribution in [1.29, 1.82) is 0 Å². The highest BCUT2D eigenvalue weighted by Crippen LogP contribution is 2.32. The van der Waals surface area contributed by atoms with Gasteiger partial charge in [0, 0.05) is 35.0 Å². The topological polar surface area (TPSA) is 64.3 Å². The molecule has 2 aromatic rings. The third kappa shape index (κ3) is 2.78. The van der Waals surface area contributed by atoms with E-state index < -0.39 is 0 Å². The lowest BCUT2D eigenvalue weighted by atomic mass is 9.91. The van der Waals surface area contributed by atoms with E-state index in [-0.39, 0.29) is 17.9 Å². The molecule has 124 valence electrons. The molecule has 2 aromatic carbocycles. The molecule has 1 saturated carbocycles. The van der Waals surface area contributed by atoms with Gasteiger partial charge in [0.1, 0.15) is 12.4 Å². The van der Waals surface area contributed by atoms with Crippen molar-refractivity contribution in [1.82, 2.24) is 0 Å². The minimum Gasteiger partial charge on any atom is -0.488 e. The summed E-state index contributed by atoms with van der Waals surface area (Å²) in [7, 11) is 0. The van der Waals surface area contributed by atoms with Gasteiger partial charge in [0.2, 0.25) is 0 Å². The monoisotopic (exact) mass is 322 g/mol. The van der Waals surface area contributed by atoms with Crippen molar-refractivity contribution in [3.05, 3.63) is 59.2 Å². The minimum absolute atomic E-state index is 0.0269. The zero-order valence-electron chi connectivity index (χ0n) is 13.6. The standard InChI is InChI=1S/C20H22N2O2/c21-17-7-3-4-8-18(17)22-14-9-10-16-19(11-14)24-12-13-5-1-2-6-15(13)20(16)23/h1-2,5-6,9-11,17-18,22H,3-4,7-8,12,21H2/t17-,18+/m0/s1. The zero-order chi connectivity index (χ0) is 16.5. The number of fused-ring (bicyclic) bond motifs is 2. The van der Waals surface area contributed by atoms with Crippen molar-refractivity contribution in [3.8, 4) is 5.75 Å². The highest BCUT2D eigenvalue weighted by atomic mass is 16.5. The number of ether oxygens (including phenoxy) is 1. The molecule has 24 heavy (non-hydrogen) atoms. The van der Waals surface area contributed by atoms with Crippen LogP contribution in [0, 0.1) is 0 Å².